The molecule has 0 saturated carbocycles. The Labute approximate surface area is 148 Å². The van der Waals surface area contributed by atoms with Crippen molar-refractivity contribution in [3.05, 3.63) is 58.6 Å². The molecular formula is C17H16BrN3O3. The van der Waals surface area contributed by atoms with Crippen LogP contribution in [0.3, 0.4) is 0 Å². The minimum atomic E-state index is -0.506. The summed E-state index contributed by atoms with van der Waals surface area (Å²) < 4.78 is 6.04. The van der Waals surface area contributed by atoms with Crippen LogP contribution in [0.4, 0.5) is 5.69 Å². The van der Waals surface area contributed by atoms with Crippen molar-refractivity contribution >= 4 is 39.6 Å². The van der Waals surface area contributed by atoms with Crippen molar-refractivity contribution in [2.75, 3.05) is 12.4 Å². The van der Waals surface area contributed by atoms with Crippen molar-refractivity contribution in [1.82, 2.24) is 5.43 Å². The summed E-state index contributed by atoms with van der Waals surface area (Å²) in [5.41, 5.74) is 3.65. The van der Waals surface area contributed by atoms with E-state index in [1.54, 1.807) is 24.3 Å². The van der Waals surface area contributed by atoms with Crippen molar-refractivity contribution in [1.29, 1.82) is 0 Å². The first-order valence-electron chi connectivity index (χ1n) is 7.09. The molecule has 24 heavy (non-hydrogen) atoms. The van der Waals surface area contributed by atoms with Crippen LogP contribution in [-0.4, -0.2) is 25.1 Å². The smallest absolute Gasteiger partial charge is 0.249 e. The Morgan fingerprint density at radius 2 is 1.96 bits per heavy atom. The van der Waals surface area contributed by atoms with Gasteiger partial charge < -0.3 is 10.1 Å². The van der Waals surface area contributed by atoms with E-state index in [2.05, 4.69) is 31.8 Å². The number of methoxy groups -OCH3 is 1. The fraction of sp³-hybridized carbons (Fsp3) is 0.118. The van der Waals surface area contributed by atoms with Gasteiger partial charge in [-0.2, -0.15) is 5.10 Å². The van der Waals surface area contributed by atoms with Crippen LogP contribution in [0, 0.1) is 0 Å². The lowest BCUT2D eigenvalue weighted by Gasteiger charge is -2.09. The Morgan fingerprint density at radius 3 is 2.71 bits per heavy atom. The largest absolute Gasteiger partial charge is 0.495 e. The molecule has 2 N–H and O–H groups in total. The lowest BCUT2D eigenvalue weighted by Crippen LogP contribution is -2.24. The second-order valence-corrected chi connectivity index (χ2v) is 5.69. The van der Waals surface area contributed by atoms with Crippen LogP contribution in [0.2, 0.25) is 0 Å². The number of amides is 2. The van der Waals surface area contributed by atoms with Crippen LogP contribution in [0.15, 0.2) is 58.1 Å². The zero-order valence-electron chi connectivity index (χ0n) is 13.0. The third kappa shape index (κ3) is 5.51. The normalized spacial score (nSPS) is 10.4. The van der Waals surface area contributed by atoms with Gasteiger partial charge in [-0.05, 0) is 29.8 Å². The summed E-state index contributed by atoms with van der Waals surface area (Å²) in [4.78, 5) is 23.6. The molecule has 0 spiro atoms. The molecular weight excluding hydrogens is 374 g/mol. The van der Waals surface area contributed by atoms with Crippen molar-refractivity contribution in [2.45, 2.75) is 6.42 Å². The van der Waals surface area contributed by atoms with Crippen molar-refractivity contribution in [3.8, 4) is 5.75 Å². The van der Waals surface area contributed by atoms with E-state index in [9.17, 15) is 9.59 Å². The minimum Gasteiger partial charge on any atom is -0.495 e. The molecule has 0 aliphatic heterocycles. The quantitative estimate of drug-likeness (QED) is 0.452. The average molecular weight is 390 g/mol. The van der Waals surface area contributed by atoms with Gasteiger partial charge in [0.15, 0.2) is 0 Å². The molecule has 0 radical (unpaired) electrons. The zero-order chi connectivity index (χ0) is 17.4. The third-order valence-corrected chi connectivity index (χ3v) is 3.45. The highest BCUT2D eigenvalue weighted by Gasteiger charge is 2.11. The van der Waals surface area contributed by atoms with Crippen molar-refractivity contribution < 1.29 is 14.3 Å². The Bertz CT molecular complexity index is 762. The van der Waals surface area contributed by atoms with Gasteiger partial charge in [0.2, 0.25) is 11.8 Å². The number of hydrogen-bond acceptors (Lipinski definition) is 4. The van der Waals surface area contributed by atoms with E-state index >= 15 is 0 Å². The highest BCUT2D eigenvalue weighted by molar-refractivity contribution is 9.10. The van der Waals surface area contributed by atoms with Gasteiger partial charge in [-0.1, -0.05) is 40.2 Å². The Balaban J connectivity index is 1.84. The molecule has 0 unspecified atom stereocenters. The number of carbonyl (C=O) groups is 2. The first kappa shape index (κ1) is 17.7. The van der Waals surface area contributed by atoms with E-state index in [-0.39, 0.29) is 6.42 Å². The van der Waals surface area contributed by atoms with Gasteiger partial charge in [-0.25, -0.2) is 5.43 Å². The first-order valence-corrected chi connectivity index (χ1v) is 7.88. The fourth-order valence-electron chi connectivity index (χ4n) is 1.89. The predicted molar refractivity (Wildman–Crippen MR) is 96.1 cm³/mol. The van der Waals surface area contributed by atoms with E-state index in [1.807, 2.05) is 24.3 Å². The van der Waals surface area contributed by atoms with Crippen molar-refractivity contribution in [3.63, 3.8) is 0 Å². The van der Waals surface area contributed by atoms with Crippen LogP contribution in [0.5, 0.6) is 5.75 Å². The molecule has 2 rings (SSSR count). The molecule has 6 nitrogen and oxygen atoms in total. The van der Waals surface area contributed by atoms with Gasteiger partial charge in [0.1, 0.15) is 12.2 Å². The highest BCUT2D eigenvalue weighted by atomic mass is 79.9. The van der Waals surface area contributed by atoms with E-state index in [4.69, 9.17) is 4.74 Å². The Hall–Kier alpha value is -2.67. The number of hydrogen-bond donors (Lipinski definition) is 2. The Morgan fingerprint density at radius 1 is 1.17 bits per heavy atom. The number of nitrogens with zero attached hydrogens (tertiary/aromatic N) is 1. The number of carbonyl (C=O) groups excluding carboxylic acids is 2. The summed E-state index contributed by atoms with van der Waals surface area (Å²) in [6.45, 7) is 0. The number of nitrogens with one attached hydrogen (secondary N) is 2. The predicted octanol–water partition coefficient (Wildman–Crippen LogP) is 2.94. The van der Waals surface area contributed by atoms with Crippen LogP contribution in [0.1, 0.15) is 12.0 Å². The summed E-state index contributed by atoms with van der Waals surface area (Å²) in [5.74, 6) is -0.428. The van der Waals surface area contributed by atoms with Crippen LogP contribution in [0.25, 0.3) is 0 Å². The molecule has 0 aromatic heterocycles. The number of para-hydroxylation sites is 2. The molecule has 0 aliphatic rings. The zero-order valence-corrected chi connectivity index (χ0v) is 14.5. The molecule has 0 bridgehead atoms. The molecule has 2 aromatic carbocycles. The Kier molecular flexibility index (Phi) is 6.51. The third-order valence-electron chi connectivity index (χ3n) is 2.95. The maximum atomic E-state index is 11.9. The molecule has 2 aromatic rings. The van der Waals surface area contributed by atoms with E-state index in [1.165, 1.54) is 13.3 Å². The van der Waals surface area contributed by atoms with Gasteiger partial charge in [-0.15, -0.1) is 0 Å². The molecule has 0 saturated heterocycles. The topological polar surface area (TPSA) is 79.8 Å². The van der Waals surface area contributed by atoms with Crippen LogP contribution < -0.4 is 15.5 Å². The van der Waals surface area contributed by atoms with Crippen LogP contribution in [-0.2, 0) is 9.59 Å². The van der Waals surface area contributed by atoms with E-state index < -0.39 is 11.8 Å². The number of hydrazone groups is 1. The van der Waals surface area contributed by atoms with E-state index in [0.29, 0.717) is 11.4 Å². The molecule has 0 heterocycles. The summed E-state index contributed by atoms with van der Waals surface area (Å²) in [5, 5.41) is 6.45. The molecule has 7 heteroatoms. The van der Waals surface area contributed by atoms with Gasteiger partial charge in [-0.3, -0.25) is 9.59 Å². The monoisotopic (exact) mass is 389 g/mol. The van der Waals surface area contributed by atoms with Gasteiger partial charge in [0.25, 0.3) is 0 Å². The van der Waals surface area contributed by atoms with Crippen LogP contribution >= 0.6 is 15.9 Å². The molecule has 0 atom stereocenters. The highest BCUT2D eigenvalue weighted by Crippen LogP contribution is 2.22. The molecule has 2 amide bonds. The molecule has 0 fully saturated rings. The number of halogens is 1. The number of benzene rings is 2. The SMILES string of the molecule is COc1ccccc1NC(=O)CC(=O)NN=Cc1cccc(Br)c1. The fourth-order valence-corrected chi connectivity index (χ4v) is 2.31. The summed E-state index contributed by atoms with van der Waals surface area (Å²) in [7, 11) is 1.51. The standard InChI is InChI=1S/C17H16BrN3O3/c1-24-15-8-3-2-7-14(15)20-16(22)10-17(23)21-19-11-12-5-4-6-13(18)9-12/h2-9,11H,10H2,1H3,(H,20,22)(H,21,23). The second kappa shape index (κ2) is 8.83. The summed E-state index contributed by atoms with van der Waals surface area (Å²) in [6, 6.07) is 14.4. The average Bonchev–Trinajstić information content (AvgIpc) is 2.55. The number of anilines is 1. The molecule has 0 aliphatic carbocycles. The van der Waals surface area contributed by atoms with Gasteiger partial charge >= 0.3 is 0 Å². The number of ether oxygens (including phenoxy) is 1. The summed E-state index contributed by atoms with van der Waals surface area (Å²) >= 11 is 3.35. The molecule has 124 valence electrons. The number of rotatable bonds is 6. The first-order chi connectivity index (χ1) is 11.6. The lowest BCUT2D eigenvalue weighted by atomic mass is 10.2. The maximum Gasteiger partial charge on any atom is 0.249 e. The van der Waals surface area contributed by atoms with Crippen molar-refractivity contribution in [2.24, 2.45) is 5.10 Å². The lowest BCUT2D eigenvalue weighted by molar-refractivity contribution is -0.126. The second-order valence-electron chi connectivity index (χ2n) is 4.77. The van der Waals surface area contributed by atoms with E-state index in [0.717, 1.165) is 10.0 Å². The van der Waals surface area contributed by atoms with Gasteiger partial charge in [0.05, 0.1) is 19.0 Å². The van der Waals surface area contributed by atoms with Gasteiger partial charge in [0, 0.05) is 4.47 Å². The minimum absolute atomic E-state index is 0.339. The maximum absolute atomic E-state index is 11.9. The summed E-state index contributed by atoms with van der Waals surface area (Å²) in [6.07, 6.45) is 1.16.